The normalized spacial score (nSPS) is 25.2. The van der Waals surface area contributed by atoms with E-state index in [2.05, 4.69) is 69.7 Å². The smallest absolute Gasteiger partial charge is 0.0929 e. The molecule has 0 aliphatic heterocycles. The van der Waals surface area contributed by atoms with Crippen LogP contribution in [-0.4, -0.2) is 10.5 Å². The summed E-state index contributed by atoms with van der Waals surface area (Å²) in [7, 11) is 0. The molecule has 0 saturated heterocycles. The minimum atomic E-state index is 0.216. The monoisotopic (exact) mass is 436 g/mol. The molecule has 3 unspecified atom stereocenters. The molecule has 0 bridgehead atoms. The van der Waals surface area contributed by atoms with Gasteiger partial charge in [-0.3, -0.25) is 0 Å². The van der Waals surface area contributed by atoms with E-state index < -0.39 is 0 Å². The van der Waals surface area contributed by atoms with E-state index in [1.54, 1.807) is 0 Å². The topological polar surface area (TPSA) is 9.23 Å². The van der Waals surface area contributed by atoms with Gasteiger partial charge in [0.15, 0.2) is 0 Å². The first-order chi connectivity index (χ1) is 9.26. The number of hydrogen-bond acceptors (Lipinski definition) is 1. The molecule has 106 valence electrons. The molecule has 0 aromatic heterocycles. The summed E-state index contributed by atoms with van der Waals surface area (Å²) < 4.78 is 8.65. The van der Waals surface area contributed by atoms with Crippen LogP contribution in [-0.2, 0) is 4.74 Å². The van der Waals surface area contributed by atoms with Crippen LogP contribution in [0, 0.1) is 5.92 Å². The standard InChI is InChI=1S/C16H22BrIO/c1-2-12-7-3-6-10-15(12)19-16(11-18)13-8-4-5-9-14(13)17/h4-5,8-9,12,15-16H,2-3,6-7,10-11H2,1H3. The van der Waals surface area contributed by atoms with Gasteiger partial charge < -0.3 is 4.74 Å². The van der Waals surface area contributed by atoms with Crippen molar-refractivity contribution in [1.82, 2.24) is 0 Å². The molecule has 0 amide bonds. The van der Waals surface area contributed by atoms with E-state index in [0.29, 0.717) is 6.10 Å². The number of ether oxygens (including phenoxy) is 1. The maximum absolute atomic E-state index is 6.47. The van der Waals surface area contributed by atoms with E-state index in [0.717, 1.165) is 10.3 Å². The fourth-order valence-corrected chi connectivity index (χ4v) is 4.18. The predicted molar refractivity (Wildman–Crippen MR) is 92.9 cm³/mol. The van der Waals surface area contributed by atoms with Gasteiger partial charge in [0.2, 0.25) is 0 Å². The molecule has 1 aromatic carbocycles. The Balaban J connectivity index is 2.08. The lowest BCUT2D eigenvalue weighted by molar-refractivity contribution is -0.0520. The summed E-state index contributed by atoms with van der Waals surface area (Å²) in [5.41, 5.74) is 1.29. The van der Waals surface area contributed by atoms with E-state index in [4.69, 9.17) is 4.74 Å². The van der Waals surface area contributed by atoms with Crippen LogP contribution in [0.4, 0.5) is 0 Å². The highest BCUT2D eigenvalue weighted by Gasteiger charge is 2.27. The summed E-state index contributed by atoms with van der Waals surface area (Å²) >= 11 is 6.09. The van der Waals surface area contributed by atoms with Crippen LogP contribution in [0.5, 0.6) is 0 Å². The number of benzene rings is 1. The molecule has 3 heteroatoms. The van der Waals surface area contributed by atoms with E-state index in [1.165, 1.54) is 42.1 Å². The average molecular weight is 437 g/mol. The van der Waals surface area contributed by atoms with Gasteiger partial charge in [0, 0.05) is 8.90 Å². The average Bonchev–Trinajstić information content (AvgIpc) is 2.46. The predicted octanol–water partition coefficient (Wildman–Crippen LogP) is 5.91. The first-order valence-corrected chi connectivity index (χ1v) is 9.54. The van der Waals surface area contributed by atoms with Gasteiger partial charge in [-0.05, 0) is 30.4 Å². The van der Waals surface area contributed by atoms with E-state index in [9.17, 15) is 0 Å². The summed E-state index contributed by atoms with van der Waals surface area (Å²) in [6, 6.07) is 8.45. The molecule has 19 heavy (non-hydrogen) atoms. The third-order valence-electron chi connectivity index (χ3n) is 4.10. The van der Waals surface area contributed by atoms with Crippen molar-refractivity contribution in [2.45, 2.75) is 51.2 Å². The van der Waals surface area contributed by atoms with Crippen LogP contribution in [0.15, 0.2) is 28.7 Å². The van der Waals surface area contributed by atoms with Crippen LogP contribution in [0.25, 0.3) is 0 Å². The van der Waals surface area contributed by atoms with Crippen LogP contribution in [0.2, 0.25) is 0 Å². The Hall–Kier alpha value is 0.390. The second-order valence-electron chi connectivity index (χ2n) is 5.29. The van der Waals surface area contributed by atoms with Crippen LogP contribution < -0.4 is 0 Å². The minimum absolute atomic E-state index is 0.216. The summed E-state index contributed by atoms with van der Waals surface area (Å²) in [4.78, 5) is 0. The molecular weight excluding hydrogens is 415 g/mol. The van der Waals surface area contributed by atoms with Gasteiger partial charge in [-0.2, -0.15) is 0 Å². The molecular formula is C16H22BrIO. The quantitative estimate of drug-likeness (QED) is 0.411. The summed E-state index contributed by atoms with van der Waals surface area (Å²) in [6.07, 6.45) is 7.18. The Morgan fingerprint density at radius 3 is 2.74 bits per heavy atom. The zero-order valence-corrected chi connectivity index (χ0v) is 15.2. The number of rotatable bonds is 5. The molecule has 0 N–H and O–H groups in total. The van der Waals surface area contributed by atoms with Crippen LogP contribution in [0.1, 0.15) is 50.7 Å². The van der Waals surface area contributed by atoms with Crippen LogP contribution in [0.3, 0.4) is 0 Å². The molecule has 2 rings (SSSR count). The second-order valence-corrected chi connectivity index (χ2v) is 7.03. The van der Waals surface area contributed by atoms with Crippen molar-refractivity contribution in [3.63, 3.8) is 0 Å². The molecule has 1 aliphatic carbocycles. The second kappa shape index (κ2) is 7.99. The maximum Gasteiger partial charge on any atom is 0.0929 e. The summed E-state index contributed by atoms with van der Waals surface area (Å²) in [6.45, 7) is 2.30. The van der Waals surface area contributed by atoms with Crippen molar-refractivity contribution < 1.29 is 4.74 Å². The highest BCUT2D eigenvalue weighted by Crippen LogP contribution is 2.35. The van der Waals surface area contributed by atoms with Gasteiger partial charge >= 0.3 is 0 Å². The van der Waals surface area contributed by atoms with Crippen molar-refractivity contribution in [3.8, 4) is 0 Å². The molecule has 1 aliphatic rings. The van der Waals surface area contributed by atoms with Crippen LogP contribution >= 0.6 is 38.5 Å². The minimum Gasteiger partial charge on any atom is -0.369 e. The third-order valence-corrected chi connectivity index (χ3v) is 5.62. The largest absolute Gasteiger partial charge is 0.369 e. The molecule has 3 atom stereocenters. The first kappa shape index (κ1) is 15.8. The fourth-order valence-electron chi connectivity index (χ4n) is 2.96. The number of hydrogen-bond donors (Lipinski definition) is 0. The summed E-state index contributed by atoms with van der Waals surface area (Å²) in [5, 5.41) is 0. The molecule has 1 saturated carbocycles. The van der Waals surface area contributed by atoms with Crippen molar-refractivity contribution in [2.24, 2.45) is 5.92 Å². The lowest BCUT2D eigenvalue weighted by Gasteiger charge is -2.34. The van der Waals surface area contributed by atoms with Gasteiger partial charge in [0.05, 0.1) is 12.2 Å². The van der Waals surface area contributed by atoms with Crippen molar-refractivity contribution in [2.75, 3.05) is 4.43 Å². The molecule has 0 spiro atoms. The Labute approximate surface area is 138 Å². The third kappa shape index (κ3) is 4.18. The highest BCUT2D eigenvalue weighted by molar-refractivity contribution is 14.1. The number of alkyl halides is 1. The molecule has 1 nitrogen and oxygen atoms in total. The van der Waals surface area contributed by atoms with Gasteiger partial charge in [-0.1, -0.05) is 82.9 Å². The van der Waals surface area contributed by atoms with E-state index >= 15 is 0 Å². The lowest BCUT2D eigenvalue weighted by Crippen LogP contribution is -2.29. The Bertz CT molecular complexity index is 396. The molecule has 1 aromatic rings. The van der Waals surface area contributed by atoms with Gasteiger partial charge in [-0.25, -0.2) is 0 Å². The Morgan fingerprint density at radius 1 is 1.32 bits per heavy atom. The van der Waals surface area contributed by atoms with E-state index in [-0.39, 0.29) is 6.10 Å². The molecule has 0 radical (unpaired) electrons. The number of halogens is 2. The lowest BCUT2D eigenvalue weighted by atomic mass is 9.84. The highest BCUT2D eigenvalue weighted by atomic mass is 127. The zero-order valence-electron chi connectivity index (χ0n) is 11.4. The van der Waals surface area contributed by atoms with E-state index in [1.807, 2.05) is 0 Å². The van der Waals surface area contributed by atoms with Gasteiger partial charge in [0.1, 0.15) is 0 Å². The molecule has 0 heterocycles. The van der Waals surface area contributed by atoms with Crippen molar-refractivity contribution >= 4 is 38.5 Å². The molecule has 1 fully saturated rings. The fraction of sp³-hybridized carbons (Fsp3) is 0.625. The van der Waals surface area contributed by atoms with Crippen molar-refractivity contribution in [3.05, 3.63) is 34.3 Å². The first-order valence-electron chi connectivity index (χ1n) is 7.22. The Morgan fingerprint density at radius 2 is 2.05 bits per heavy atom. The SMILES string of the molecule is CCC1CCCCC1OC(CI)c1ccccc1Br. The maximum atomic E-state index is 6.47. The van der Waals surface area contributed by atoms with Gasteiger partial charge in [-0.15, -0.1) is 0 Å². The van der Waals surface area contributed by atoms with Gasteiger partial charge in [0.25, 0.3) is 0 Å². The Kier molecular flexibility index (Phi) is 6.63. The summed E-state index contributed by atoms with van der Waals surface area (Å²) in [5.74, 6) is 0.752. The zero-order chi connectivity index (χ0) is 13.7. The van der Waals surface area contributed by atoms with Crippen molar-refractivity contribution in [1.29, 1.82) is 0 Å².